The van der Waals surface area contributed by atoms with Crippen LogP contribution in [-0.2, 0) is 10.0 Å². The molecule has 0 aliphatic heterocycles. The van der Waals surface area contributed by atoms with Crippen LogP contribution in [0.5, 0.6) is 5.75 Å². The van der Waals surface area contributed by atoms with E-state index in [1.165, 1.54) is 42.7 Å². The quantitative estimate of drug-likeness (QED) is 0.160. The number of aromatic nitrogens is 1. The second-order valence-corrected chi connectivity index (χ2v) is 13.6. The number of rotatable bonds is 7. The summed E-state index contributed by atoms with van der Waals surface area (Å²) >= 11 is 0. The second kappa shape index (κ2) is 11.7. The fraction of sp³-hybridized carbons (Fsp3) is 0.0789. The summed E-state index contributed by atoms with van der Waals surface area (Å²) in [4.78, 5) is 16.9. The minimum absolute atomic E-state index is 0.165. The number of nitrogens with one attached hydrogen (secondary N) is 2. The van der Waals surface area contributed by atoms with E-state index >= 15 is 0 Å². The molecule has 3 N–H and O–H groups in total. The molecule has 0 radical (unpaired) electrons. The molecule has 0 aliphatic carbocycles. The Labute approximate surface area is 276 Å². The lowest BCUT2D eigenvalue weighted by Gasteiger charge is -2.21. The smallest absolute Gasteiger partial charge is 0.255 e. The highest BCUT2D eigenvalue weighted by Gasteiger charge is 2.26. The van der Waals surface area contributed by atoms with Crippen LogP contribution in [0.4, 0.5) is 10.1 Å². The van der Waals surface area contributed by atoms with Crippen molar-refractivity contribution in [2.45, 2.75) is 0 Å². The standard InChI is InChI=1S/C38H30FN3O5S/c1-40-38(44)35-30-20-29(32(42(2)48(3,45)46)21-33(30)47-37(35)23-11-15-26(39)16-12-23)24-7-6-8-25(19-24)36-34(22-13-17-27(43)18-14-22)28-9-4-5-10-31(28)41-36/h4-21,41,43H,1-3H3,(H,40,44). The fourth-order valence-corrected chi connectivity index (χ4v) is 6.59. The summed E-state index contributed by atoms with van der Waals surface area (Å²) in [6.07, 6.45) is 1.12. The molecule has 7 aromatic rings. The van der Waals surface area contributed by atoms with Crippen LogP contribution in [-0.4, -0.2) is 44.8 Å². The molecule has 0 saturated heterocycles. The first kappa shape index (κ1) is 30.8. The predicted octanol–water partition coefficient (Wildman–Crippen LogP) is 8.18. The first-order valence-corrected chi connectivity index (χ1v) is 16.9. The van der Waals surface area contributed by atoms with E-state index < -0.39 is 21.7 Å². The van der Waals surface area contributed by atoms with Crippen LogP contribution in [0.25, 0.3) is 66.7 Å². The van der Waals surface area contributed by atoms with E-state index in [9.17, 15) is 22.7 Å². The van der Waals surface area contributed by atoms with Crippen LogP contribution in [0.15, 0.2) is 114 Å². The van der Waals surface area contributed by atoms with Crippen molar-refractivity contribution in [3.8, 4) is 50.6 Å². The number of hydrogen-bond donors (Lipinski definition) is 3. The summed E-state index contributed by atoms with van der Waals surface area (Å²) in [6.45, 7) is 0. The number of phenols is 1. The third kappa shape index (κ3) is 5.35. The van der Waals surface area contributed by atoms with Crippen molar-refractivity contribution in [3.63, 3.8) is 0 Å². The topological polar surface area (TPSA) is 116 Å². The number of aromatic amines is 1. The zero-order chi connectivity index (χ0) is 33.7. The Morgan fingerprint density at radius 3 is 2.23 bits per heavy atom. The largest absolute Gasteiger partial charge is 0.508 e. The molecule has 0 bridgehead atoms. The van der Waals surface area contributed by atoms with Crippen molar-refractivity contribution >= 4 is 43.5 Å². The van der Waals surface area contributed by atoms with Gasteiger partial charge in [-0.25, -0.2) is 12.8 Å². The molecule has 0 spiro atoms. The number of amides is 1. The van der Waals surface area contributed by atoms with Gasteiger partial charge in [-0.15, -0.1) is 0 Å². The third-order valence-corrected chi connectivity index (χ3v) is 9.72. The van der Waals surface area contributed by atoms with Crippen LogP contribution in [0.1, 0.15) is 10.4 Å². The number of phenolic OH excluding ortho intramolecular Hbond substituents is 1. The minimum Gasteiger partial charge on any atom is -0.508 e. The monoisotopic (exact) mass is 659 g/mol. The maximum absolute atomic E-state index is 13.8. The molecular formula is C38H30FN3O5S. The zero-order valence-electron chi connectivity index (χ0n) is 26.2. The number of aromatic hydroxyl groups is 1. The van der Waals surface area contributed by atoms with Crippen LogP contribution in [0, 0.1) is 5.82 Å². The first-order valence-electron chi connectivity index (χ1n) is 15.1. The number of hydrogen-bond acceptors (Lipinski definition) is 5. The molecule has 10 heteroatoms. The molecule has 1 amide bonds. The number of carbonyl (C=O) groups is 1. The van der Waals surface area contributed by atoms with Crippen molar-refractivity contribution in [1.29, 1.82) is 0 Å². The number of carbonyl (C=O) groups excluding carboxylic acids is 1. The van der Waals surface area contributed by atoms with E-state index in [1.54, 1.807) is 24.3 Å². The summed E-state index contributed by atoms with van der Waals surface area (Å²) in [5, 5.41) is 14.1. The molecule has 0 aliphatic rings. The van der Waals surface area contributed by atoms with Gasteiger partial charge in [-0.2, -0.15) is 0 Å². The molecule has 7 rings (SSSR count). The van der Waals surface area contributed by atoms with Crippen molar-refractivity contribution in [2.75, 3.05) is 24.7 Å². The Morgan fingerprint density at radius 1 is 0.833 bits per heavy atom. The molecule has 2 heterocycles. The van der Waals surface area contributed by atoms with Gasteiger partial charge in [0.2, 0.25) is 10.0 Å². The molecular weight excluding hydrogens is 629 g/mol. The number of furan rings is 1. The van der Waals surface area contributed by atoms with Crippen molar-refractivity contribution < 1.29 is 27.1 Å². The van der Waals surface area contributed by atoms with E-state index in [0.29, 0.717) is 33.3 Å². The summed E-state index contributed by atoms with van der Waals surface area (Å²) in [5.74, 6) is -0.439. The normalized spacial score (nSPS) is 11.7. The Balaban J connectivity index is 1.48. The Bertz CT molecular complexity index is 2470. The minimum atomic E-state index is -3.72. The summed E-state index contributed by atoms with van der Waals surface area (Å²) in [7, 11) is -0.740. The molecule has 8 nitrogen and oxygen atoms in total. The number of nitrogens with zero attached hydrogens (tertiary/aromatic N) is 1. The maximum Gasteiger partial charge on any atom is 0.255 e. The predicted molar refractivity (Wildman–Crippen MR) is 188 cm³/mol. The molecule has 2 aromatic heterocycles. The highest BCUT2D eigenvalue weighted by Crippen LogP contribution is 2.44. The maximum atomic E-state index is 13.8. The van der Waals surface area contributed by atoms with Gasteiger partial charge in [0.15, 0.2) is 0 Å². The number of fused-ring (bicyclic) bond motifs is 2. The third-order valence-electron chi connectivity index (χ3n) is 8.53. The summed E-state index contributed by atoms with van der Waals surface area (Å²) < 4.78 is 47.0. The highest BCUT2D eigenvalue weighted by molar-refractivity contribution is 7.92. The SMILES string of the molecule is CNC(=O)c1c(-c2ccc(F)cc2)oc2cc(N(C)S(C)(=O)=O)c(-c3cccc(-c4[nH]c5ccccc5c4-c4ccc(O)cc4)c3)cc12. The van der Waals surface area contributed by atoms with Gasteiger partial charge >= 0.3 is 0 Å². The number of benzene rings is 5. The van der Waals surface area contributed by atoms with Crippen LogP contribution in [0.2, 0.25) is 0 Å². The Kier molecular flexibility index (Phi) is 7.52. The second-order valence-electron chi connectivity index (χ2n) is 11.5. The van der Waals surface area contributed by atoms with Crippen molar-refractivity contribution in [1.82, 2.24) is 10.3 Å². The van der Waals surface area contributed by atoms with Crippen molar-refractivity contribution in [2.24, 2.45) is 0 Å². The van der Waals surface area contributed by atoms with Crippen LogP contribution < -0.4 is 9.62 Å². The van der Waals surface area contributed by atoms with E-state index in [4.69, 9.17) is 4.42 Å². The highest BCUT2D eigenvalue weighted by atomic mass is 32.2. The van der Waals surface area contributed by atoms with Gasteiger partial charge in [-0.1, -0.05) is 48.5 Å². The lowest BCUT2D eigenvalue weighted by molar-refractivity contribution is 0.0964. The van der Waals surface area contributed by atoms with Gasteiger partial charge in [0.05, 0.1) is 23.2 Å². The average Bonchev–Trinajstić information content (AvgIpc) is 3.66. The molecule has 240 valence electrons. The van der Waals surface area contributed by atoms with Crippen LogP contribution >= 0.6 is 0 Å². The molecule has 5 aromatic carbocycles. The van der Waals surface area contributed by atoms with Gasteiger partial charge in [0, 0.05) is 53.1 Å². The van der Waals surface area contributed by atoms with Gasteiger partial charge in [0.25, 0.3) is 5.91 Å². The Hall–Kier alpha value is -5.87. The van der Waals surface area contributed by atoms with Gasteiger partial charge in [-0.3, -0.25) is 9.10 Å². The molecule has 0 saturated carbocycles. The van der Waals surface area contributed by atoms with E-state index in [1.807, 2.05) is 60.7 Å². The molecule has 0 atom stereocenters. The zero-order valence-corrected chi connectivity index (χ0v) is 27.0. The summed E-state index contributed by atoms with van der Waals surface area (Å²) in [5.41, 5.74) is 7.11. The number of sulfonamides is 1. The average molecular weight is 660 g/mol. The van der Waals surface area contributed by atoms with Gasteiger partial charge < -0.3 is 19.8 Å². The number of halogens is 1. The van der Waals surface area contributed by atoms with Crippen molar-refractivity contribution in [3.05, 3.63) is 121 Å². The first-order chi connectivity index (χ1) is 23.0. The number of para-hydroxylation sites is 1. The number of H-pyrrole nitrogens is 1. The lowest BCUT2D eigenvalue weighted by Crippen LogP contribution is -2.25. The molecule has 0 unspecified atom stereocenters. The Morgan fingerprint density at radius 2 is 1.52 bits per heavy atom. The molecule has 48 heavy (non-hydrogen) atoms. The van der Waals surface area contributed by atoms with Gasteiger partial charge in [0.1, 0.15) is 22.9 Å². The van der Waals surface area contributed by atoms with E-state index in [-0.39, 0.29) is 17.1 Å². The van der Waals surface area contributed by atoms with Crippen LogP contribution in [0.3, 0.4) is 0 Å². The van der Waals surface area contributed by atoms with E-state index in [2.05, 4.69) is 10.3 Å². The number of anilines is 1. The van der Waals surface area contributed by atoms with Gasteiger partial charge in [-0.05, 0) is 71.3 Å². The lowest BCUT2D eigenvalue weighted by atomic mass is 9.94. The fourth-order valence-electron chi connectivity index (χ4n) is 6.09. The van der Waals surface area contributed by atoms with E-state index in [0.717, 1.165) is 39.5 Å². The summed E-state index contributed by atoms with van der Waals surface area (Å²) in [6, 6.07) is 31.7. The molecule has 0 fully saturated rings.